The normalized spacial score (nSPS) is 26.9. The Balaban J connectivity index is 2.45. The second-order valence-electron chi connectivity index (χ2n) is 3.45. The van der Waals surface area contributed by atoms with Crippen molar-refractivity contribution in [2.45, 2.75) is 13.3 Å². The zero-order valence-electron chi connectivity index (χ0n) is 7.50. The number of nitrogens with one attached hydrogen (secondary N) is 1. The van der Waals surface area contributed by atoms with Crippen LogP contribution in [0, 0.1) is 17.2 Å². The lowest BCUT2D eigenvalue weighted by Gasteiger charge is -2.26. The van der Waals surface area contributed by atoms with Gasteiger partial charge < -0.3 is 5.32 Å². The Morgan fingerprint density at radius 1 is 1.69 bits per heavy atom. The molecule has 0 saturated carbocycles. The third-order valence-corrected chi connectivity index (χ3v) is 2.55. The third-order valence-electron chi connectivity index (χ3n) is 2.55. The molecule has 1 unspecified atom stereocenters. The molecule has 0 aromatic carbocycles. The summed E-state index contributed by atoms with van der Waals surface area (Å²) in [7, 11) is 0. The first-order valence-electron chi connectivity index (χ1n) is 4.42. The second-order valence-corrected chi connectivity index (χ2v) is 3.45. The standard InChI is InChI=1S/C9H11N3O/c1-6-4-8(13)12-3-2-11-9(12)7(6)5-10/h6,11H,2-4H2,1H3. The summed E-state index contributed by atoms with van der Waals surface area (Å²) in [5.74, 6) is 0.937. The minimum atomic E-state index is 0.0642. The number of allylic oxidation sites excluding steroid dienone is 1. The maximum atomic E-state index is 11.5. The molecular weight excluding hydrogens is 166 g/mol. The zero-order valence-corrected chi connectivity index (χ0v) is 7.50. The summed E-state index contributed by atoms with van der Waals surface area (Å²) >= 11 is 0. The number of fused-ring (bicyclic) bond motifs is 1. The highest BCUT2D eigenvalue weighted by Gasteiger charge is 2.34. The van der Waals surface area contributed by atoms with E-state index in [4.69, 9.17) is 5.26 Å². The summed E-state index contributed by atoms with van der Waals surface area (Å²) in [4.78, 5) is 13.2. The van der Waals surface area contributed by atoms with E-state index in [0.717, 1.165) is 17.9 Å². The van der Waals surface area contributed by atoms with E-state index in [-0.39, 0.29) is 11.8 Å². The maximum Gasteiger partial charge on any atom is 0.228 e. The lowest BCUT2D eigenvalue weighted by Crippen LogP contribution is -2.35. The van der Waals surface area contributed by atoms with E-state index in [1.165, 1.54) is 0 Å². The average Bonchev–Trinajstić information content (AvgIpc) is 2.53. The molecule has 0 spiro atoms. The predicted molar refractivity (Wildman–Crippen MR) is 46.1 cm³/mol. The van der Waals surface area contributed by atoms with Gasteiger partial charge in [-0.25, -0.2) is 0 Å². The molecule has 1 N–H and O–H groups in total. The molecule has 0 aromatic heterocycles. The Morgan fingerprint density at radius 2 is 2.46 bits per heavy atom. The lowest BCUT2D eigenvalue weighted by molar-refractivity contribution is -0.130. The van der Waals surface area contributed by atoms with E-state index < -0.39 is 0 Å². The molecule has 1 saturated heterocycles. The molecular formula is C9H11N3O. The smallest absolute Gasteiger partial charge is 0.228 e. The van der Waals surface area contributed by atoms with E-state index in [2.05, 4.69) is 11.4 Å². The maximum absolute atomic E-state index is 11.5. The highest BCUT2D eigenvalue weighted by Crippen LogP contribution is 2.28. The van der Waals surface area contributed by atoms with Gasteiger partial charge >= 0.3 is 0 Å². The average molecular weight is 177 g/mol. The van der Waals surface area contributed by atoms with Crippen molar-refractivity contribution in [1.29, 1.82) is 5.26 Å². The van der Waals surface area contributed by atoms with Gasteiger partial charge in [0.2, 0.25) is 5.91 Å². The number of hydrogen-bond acceptors (Lipinski definition) is 3. The molecule has 2 rings (SSSR count). The summed E-state index contributed by atoms with van der Waals surface area (Å²) in [6.07, 6.45) is 0.466. The van der Waals surface area contributed by atoms with Crippen LogP contribution >= 0.6 is 0 Å². The van der Waals surface area contributed by atoms with Gasteiger partial charge in [-0.15, -0.1) is 0 Å². The summed E-state index contributed by atoms with van der Waals surface area (Å²) in [5.41, 5.74) is 0.720. The van der Waals surface area contributed by atoms with Crippen LogP contribution in [0.3, 0.4) is 0 Å². The number of nitrogens with zero attached hydrogens (tertiary/aromatic N) is 2. The van der Waals surface area contributed by atoms with Gasteiger partial charge in [0, 0.05) is 25.4 Å². The first-order chi connectivity index (χ1) is 6.24. The number of carbonyl (C=O) groups is 1. The van der Waals surface area contributed by atoms with Crippen LogP contribution in [0.15, 0.2) is 11.4 Å². The van der Waals surface area contributed by atoms with E-state index >= 15 is 0 Å². The Morgan fingerprint density at radius 3 is 3.15 bits per heavy atom. The molecule has 1 fully saturated rings. The van der Waals surface area contributed by atoms with Gasteiger partial charge in [-0.1, -0.05) is 6.92 Å². The fourth-order valence-electron chi connectivity index (χ4n) is 1.85. The fourth-order valence-corrected chi connectivity index (χ4v) is 1.85. The Kier molecular flexibility index (Phi) is 1.73. The van der Waals surface area contributed by atoms with Crippen molar-refractivity contribution >= 4 is 5.91 Å². The van der Waals surface area contributed by atoms with Crippen LogP contribution in [0.5, 0.6) is 0 Å². The van der Waals surface area contributed by atoms with Gasteiger partial charge in [0.15, 0.2) is 0 Å². The Bertz CT molecular complexity index is 326. The number of hydrogen-bond donors (Lipinski definition) is 1. The molecule has 2 heterocycles. The summed E-state index contributed by atoms with van der Waals surface area (Å²) in [6.45, 7) is 3.38. The predicted octanol–water partition coefficient (Wildman–Crippen LogP) is 0.193. The van der Waals surface area contributed by atoms with Crippen molar-refractivity contribution in [1.82, 2.24) is 10.2 Å². The first kappa shape index (κ1) is 8.11. The van der Waals surface area contributed by atoms with Crippen LogP contribution in [0.25, 0.3) is 0 Å². The van der Waals surface area contributed by atoms with Gasteiger partial charge in [-0.2, -0.15) is 5.26 Å². The molecule has 2 aliphatic heterocycles. The van der Waals surface area contributed by atoms with Gasteiger partial charge in [0.05, 0.1) is 11.6 Å². The van der Waals surface area contributed by atoms with Gasteiger partial charge in [0.25, 0.3) is 0 Å². The van der Waals surface area contributed by atoms with Gasteiger partial charge in [-0.3, -0.25) is 9.69 Å². The van der Waals surface area contributed by atoms with Gasteiger partial charge in [-0.05, 0) is 0 Å². The molecule has 0 aromatic rings. The van der Waals surface area contributed by atoms with E-state index in [1.807, 2.05) is 6.92 Å². The Labute approximate surface area is 76.8 Å². The highest BCUT2D eigenvalue weighted by atomic mass is 16.2. The summed E-state index contributed by atoms with van der Waals surface area (Å²) in [5, 5.41) is 12.0. The van der Waals surface area contributed by atoms with Crippen LogP contribution in [-0.2, 0) is 4.79 Å². The van der Waals surface area contributed by atoms with Gasteiger partial charge in [0.1, 0.15) is 5.82 Å². The molecule has 1 amide bonds. The van der Waals surface area contributed by atoms with Crippen LogP contribution in [0.4, 0.5) is 0 Å². The molecule has 0 bridgehead atoms. The SMILES string of the molecule is CC1CC(=O)N2CCNC2=C1C#N. The lowest BCUT2D eigenvalue weighted by atomic mass is 9.94. The monoisotopic (exact) mass is 177 g/mol. The van der Waals surface area contributed by atoms with E-state index in [1.54, 1.807) is 4.90 Å². The zero-order chi connectivity index (χ0) is 9.42. The van der Waals surface area contributed by atoms with E-state index in [9.17, 15) is 4.79 Å². The minimum absolute atomic E-state index is 0.0642. The molecule has 68 valence electrons. The van der Waals surface area contributed by atoms with Crippen molar-refractivity contribution in [3.05, 3.63) is 11.4 Å². The van der Waals surface area contributed by atoms with E-state index in [0.29, 0.717) is 13.0 Å². The third kappa shape index (κ3) is 1.08. The molecule has 13 heavy (non-hydrogen) atoms. The van der Waals surface area contributed by atoms with Crippen LogP contribution < -0.4 is 5.32 Å². The molecule has 4 nitrogen and oxygen atoms in total. The van der Waals surface area contributed by atoms with Crippen molar-refractivity contribution < 1.29 is 4.79 Å². The van der Waals surface area contributed by atoms with Crippen LogP contribution in [0.2, 0.25) is 0 Å². The van der Waals surface area contributed by atoms with Crippen LogP contribution in [-0.4, -0.2) is 23.9 Å². The number of rotatable bonds is 0. The van der Waals surface area contributed by atoms with Crippen molar-refractivity contribution in [2.75, 3.05) is 13.1 Å². The molecule has 0 aliphatic carbocycles. The molecule has 2 aliphatic rings. The van der Waals surface area contributed by atoms with Crippen molar-refractivity contribution in [3.63, 3.8) is 0 Å². The number of nitriles is 1. The van der Waals surface area contributed by atoms with Crippen molar-refractivity contribution in [3.8, 4) is 6.07 Å². The number of amides is 1. The topological polar surface area (TPSA) is 56.1 Å². The number of carbonyl (C=O) groups excluding carboxylic acids is 1. The van der Waals surface area contributed by atoms with Crippen LogP contribution in [0.1, 0.15) is 13.3 Å². The largest absolute Gasteiger partial charge is 0.369 e. The molecule has 1 atom stereocenters. The summed E-state index contributed by atoms with van der Waals surface area (Å²) < 4.78 is 0. The molecule has 0 radical (unpaired) electrons. The molecule has 4 heteroatoms. The Hall–Kier alpha value is -1.50. The van der Waals surface area contributed by atoms with Crippen molar-refractivity contribution in [2.24, 2.45) is 5.92 Å². The fraction of sp³-hybridized carbons (Fsp3) is 0.556. The summed E-state index contributed by atoms with van der Waals surface area (Å²) in [6, 6.07) is 2.17. The highest BCUT2D eigenvalue weighted by molar-refractivity contribution is 5.81. The minimum Gasteiger partial charge on any atom is -0.369 e. The second kappa shape index (κ2) is 2.77. The first-order valence-corrected chi connectivity index (χ1v) is 4.42. The quantitative estimate of drug-likeness (QED) is 0.574.